The van der Waals surface area contributed by atoms with Crippen LogP contribution in [0.4, 0.5) is 4.39 Å². The average molecular weight is 285 g/mol. The molecule has 2 aromatic rings. The minimum absolute atomic E-state index is 0.0585. The van der Waals surface area contributed by atoms with Gasteiger partial charge in [-0.3, -0.25) is 4.79 Å². The molecule has 0 N–H and O–H groups in total. The molecule has 18 heavy (non-hydrogen) atoms. The van der Waals surface area contributed by atoms with E-state index in [1.807, 2.05) is 0 Å². The monoisotopic (exact) mass is 284 g/mol. The number of ether oxygens (including phenoxy) is 1. The maximum Gasteiger partial charge on any atom is 0.177 e. The minimum Gasteiger partial charge on any atom is -0.496 e. The van der Waals surface area contributed by atoms with Gasteiger partial charge in [0.2, 0.25) is 0 Å². The lowest BCUT2D eigenvalue weighted by Gasteiger charge is -2.02. The third-order valence-electron chi connectivity index (χ3n) is 2.45. The maximum absolute atomic E-state index is 12.9. The Morgan fingerprint density at radius 1 is 1.44 bits per heavy atom. The van der Waals surface area contributed by atoms with Crippen molar-refractivity contribution in [2.75, 3.05) is 7.11 Å². The third kappa shape index (κ3) is 2.89. The Hall–Kier alpha value is -1.39. The summed E-state index contributed by atoms with van der Waals surface area (Å²) in [6.07, 6.45) is 0.156. The van der Waals surface area contributed by atoms with Gasteiger partial charge in [0, 0.05) is 22.9 Å². The minimum atomic E-state index is -0.408. The van der Waals surface area contributed by atoms with Crippen LogP contribution in [0.15, 0.2) is 29.6 Å². The van der Waals surface area contributed by atoms with E-state index in [0.717, 1.165) is 0 Å². The fourth-order valence-corrected chi connectivity index (χ4v) is 2.53. The molecule has 0 aliphatic heterocycles. The Morgan fingerprint density at radius 2 is 2.22 bits per heavy atom. The molecule has 2 rings (SSSR count). The zero-order valence-corrected chi connectivity index (χ0v) is 11.1. The number of benzene rings is 1. The smallest absolute Gasteiger partial charge is 0.177 e. The van der Waals surface area contributed by atoms with E-state index in [1.54, 1.807) is 18.6 Å². The van der Waals surface area contributed by atoms with E-state index in [-0.39, 0.29) is 17.2 Å². The quantitative estimate of drug-likeness (QED) is 0.794. The SMILES string of the molecule is COc1csc(C(=O)Cc2ccc(F)cc2Cl)c1. The van der Waals surface area contributed by atoms with Gasteiger partial charge in [0.05, 0.1) is 12.0 Å². The number of hydrogen-bond acceptors (Lipinski definition) is 3. The summed E-state index contributed by atoms with van der Waals surface area (Å²) in [7, 11) is 1.55. The molecule has 1 aromatic heterocycles. The molecule has 2 nitrogen and oxygen atoms in total. The molecule has 1 heterocycles. The molecule has 0 aliphatic rings. The molecular weight excluding hydrogens is 275 g/mol. The molecule has 94 valence electrons. The number of halogens is 2. The molecule has 0 fully saturated rings. The summed E-state index contributed by atoms with van der Waals surface area (Å²) in [4.78, 5) is 12.6. The second-order valence-electron chi connectivity index (χ2n) is 3.69. The Balaban J connectivity index is 2.16. The van der Waals surface area contributed by atoms with Gasteiger partial charge in [-0.1, -0.05) is 17.7 Å². The van der Waals surface area contributed by atoms with Crippen molar-refractivity contribution in [2.45, 2.75) is 6.42 Å². The van der Waals surface area contributed by atoms with Gasteiger partial charge in [0.15, 0.2) is 5.78 Å². The van der Waals surface area contributed by atoms with E-state index in [1.165, 1.54) is 29.5 Å². The first kappa shape index (κ1) is 13.1. The first-order chi connectivity index (χ1) is 8.60. The number of Topliss-reactive ketones (excluding diaryl/α,β-unsaturated/α-hetero) is 1. The van der Waals surface area contributed by atoms with E-state index >= 15 is 0 Å². The van der Waals surface area contributed by atoms with Crippen LogP contribution in [0.5, 0.6) is 5.75 Å². The zero-order valence-electron chi connectivity index (χ0n) is 9.57. The molecule has 0 saturated carbocycles. The van der Waals surface area contributed by atoms with E-state index in [2.05, 4.69) is 0 Å². The highest BCUT2D eigenvalue weighted by Crippen LogP contribution is 2.24. The van der Waals surface area contributed by atoms with Crippen LogP contribution < -0.4 is 4.74 Å². The van der Waals surface area contributed by atoms with Crippen LogP contribution in [0, 0.1) is 5.82 Å². The Labute approximate surface area is 113 Å². The van der Waals surface area contributed by atoms with Crippen molar-refractivity contribution in [3.63, 3.8) is 0 Å². The summed E-state index contributed by atoms with van der Waals surface area (Å²) in [6.45, 7) is 0. The van der Waals surface area contributed by atoms with Gasteiger partial charge >= 0.3 is 0 Å². The highest BCUT2D eigenvalue weighted by molar-refractivity contribution is 7.12. The number of hydrogen-bond donors (Lipinski definition) is 0. The van der Waals surface area contributed by atoms with Crippen molar-refractivity contribution in [2.24, 2.45) is 0 Å². The summed E-state index contributed by atoms with van der Waals surface area (Å²) in [5, 5.41) is 2.03. The number of methoxy groups -OCH3 is 1. The van der Waals surface area contributed by atoms with Crippen LogP contribution in [0.3, 0.4) is 0 Å². The number of ketones is 1. The van der Waals surface area contributed by atoms with E-state index in [4.69, 9.17) is 16.3 Å². The molecule has 1 aromatic carbocycles. The fraction of sp³-hybridized carbons (Fsp3) is 0.154. The van der Waals surface area contributed by atoms with E-state index < -0.39 is 5.82 Å². The van der Waals surface area contributed by atoms with Crippen molar-refractivity contribution in [1.82, 2.24) is 0 Å². The molecule has 0 saturated heterocycles. The predicted octanol–water partition coefficient (Wildman–Crippen LogP) is 3.97. The molecule has 5 heteroatoms. The van der Waals surface area contributed by atoms with Crippen LogP contribution in [-0.4, -0.2) is 12.9 Å². The lowest BCUT2D eigenvalue weighted by atomic mass is 10.1. The second-order valence-corrected chi connectivity index (χ2v) is 5.00. The molecular formula is C13H10ClFO2S. The highest BCUT2D eigenvalue weighted by Gasteiger charge is 2.12. The summed E-state index contributed by atoms with van der Waals surface area (Å²) < 4.78 is 17.9. The van der Waals surface area contributed by atoms with Gasteiger partial charge in [-0.15, -0.1) is 11.3 Å². The largest absolute Gasteiger partial charge is 0.496 e. The summed E-state index contributed by atoms with van der Waals surface area (Å²) >= 11 is 7.20. The average Bonchev–Trinajstić information content (AvgIpc) is 2.81. The lowest BCUT2D eigenvalue weighted by Crippen LogP contribution is -2.02. The predicted molar refractivity (Wildman–Crippen MR) is 70.3 cm³/mol. The Morgan fingerprint density at radius 3 is 2.83 bits per heavy atom. The number of carbonyl (C=O) groups excluding carboxylic acids is 1. The number of thiophene rings is 1. The first-order valence-corrected chi connectivity index (χ1v) is 6.45. The normalized spacial score (nSPS) is 10.4. The topological polar surface area (TPSA) is 26.3 Å². The van der Waals surface area contributed by atoms with Crippen molar-refractivity contribution in [3.8, 4) is 5.75 Å². The van der Waals surface area contributed by atoms with Crippen LogP contribution >= 0.6 is 22.9 Å². The Kier molecular flexibility index (Phi) is 3.99. The Bertz CT molecular complexity index is 580. The third-order valence-corrected chi connectivity index (χ3v) is 3.75. The molecule has 0 bridgehead atoms. The second kappa shape index (κ2) is 5.50. The molecule has 0 aliphatic carbocycles. The lowest BCUT2D eigenvalue weighted by molar-refractivity contribution is 0.0996. The van der Waals surface area contributed by atoms with Crippen LogP contribution in [-0.2, 0) is 6.42 Å². The maximum atomic E-state index is 12.9. The summed E-state index contributed by atoms with van der Waals surface area (Å²) in [6, 6.07) is 5.72. The van der Waals surface area contributed by atoms with Gasteiger partial charge < -0.3 is 4.74 Å². The van der Waals surface area contributed by atoms with Gasteiger partial charge in [0.1, 0.15) is 11.6 Å². The van der Waals surface area contributed by atoms with Crippen LogP contribution in [0.2, 0.25) is 5.02 Å². The highest BCUT2D eigenvalue weighted by atomic mass is 35.5. The first-order valence-electron chi connectivity index (χ1n) is 5.20. The fourth-order valence-electron chi connectivity index (χ4n) is 1.50. The van der Waals surface area contributed by atoms with E-state index in [9.17, 15) is 9.18 Å². The van der Waals surface area contributed by atoms with E-state index in [0.29, 0.717) is 16.2 Å². The van der Waals surface area contributed by atoms with Gasteiger partial charge in [0.25, 0.3) is 0 Å². The number of rotatable bonds is 4. The van der Waals surface area contributed by atoms with Crippen molar-refractivity contribution < 1.29 is 13.9 Å². The van der Waals surface area contributed by atoms with Gasteiger partial charge in [-0.2, -0.15) is 0 Å². The molecule has 0 spiro atoms. The molecule has 0 unspecified atom stereocenters. The van der Waals surface area contributed by atoms with Crippen molar-refractivity contribution >= 4 is 28.7 Å². The summed E-state index contributed by atoms with van der Waals surface area (Å²) in [5.41, 5.74) is 0.621. The summed E-state index contributed by atoms with van der Waals surface area (Å²) in [5.74, 6) is 0.194. The van der Waals surface area contributed by atoms with Gasteiger partial charge in [-0.05, 0) is 17.7 Å². The van der Waals surface area contributed by atoms with Gasteiger partial charge in [-0.25, -0.2) is 4.39 Å². The number of carbonyl (C=O) groups is 1. The molecule has 0 atom stereocenters. The molecule has 0 amide bonds. The van der Waals surface area contributed by atoms with Crippen molar-refractivity contribution in [3.05, 3.63) is 50.9 Å². The van der Waals surface area contributed by atoms with Crippen LogP contribution in [0.25, 0.3) is 0 Å². The standard InChI is InChI=1S/C13H10ClFO2S/c1-17-10-6-13(18-7-10)12(16)4-8-2-3-9(15)5-11(8)14/h2-3,5-7H,4H2,1H3. The molecule has 0 radical (unpaired) electrons. The zero-order chi connectivity index (χ0) is 13.1. The van der Waals surface area contributed by atoms with Crippen molar-refractivity contribution in [1.29, 1.82) is 0 Å². The van der Waals surface area contributed by atoms with Crippen LogP contribution in [0.1, 0.15) is 15.2 Å².